The first-order chi connectivity index (χ1) is 20.8. The Morgan fingerprint density at radius 1 is 0.930 bits per heavy atom. The number of aliphatic carboxylic acids is 1. The molecule has 0 spiro atoms. The topological polar surface area (TPSA) is 75.7 Å². The number of rotatable bonds is 18. The fourth-order valence-electron chi connectivity index (χ4n) is 5.80. The van der Waals surface area contributed by atoms with Crippen LogP contribution in [0.15, 0.2) is 72.6 Å². The van der Waals surface area contributed by atoms with E-state index in [4.69, 9.17) is 9.47 Å². The Morgan fingerprint density at radius 2 is 1.58 bits per heavy atom. The molecule has 0 bridgehead atoms. The molecular formula is C37H48FO5-. The molecule has 3 rings (SSSR count). The number of esters is 1. The van der Waals surface area contributed by atoms with E-state index in [0.717, 1.165) is 37.0 Å². The molecule has 3 atom stereocenters. The Kier molecular flexibility index (Phi) is 13.5. The maximum atomic E-state index is 16.0. The minimum absolute atomic E-state index is 0.00713. The monoisotopic (exact) mass is 591 g/mol. The maximum absolute atomic E-state index is 16.0. The van der Waals surface area contributed by atoms with Crippen LogP contribution < -0.4 is 9.84 Å². The molecule has 0 saturated carbocycles. The Balaban J connectivity index is 1.71. The highest BCUT2D eigenvalue weighted by Gasteiger charge is 2.42. The summed E-state index contributed by atoms with van der Waals surface area (Å²) in [6.45, 7) is 8.89. The smallest absolute Gasteiger partial charge is 0.338 e. The maximum Gasteiger partial charge on any atom is 0.338 e. The van der Waals surface area contributed by atoms with E-state index in [1.54, 1.807) is 18.2 Å². The third-order valence-electron chi connectivity index (χ3n) is 8.56. The van der Waals surface area contributed by atoms with Gasteiger partial charge in [-0.2, -0.15) is 0 Å². The number of hydrogen-bond donors (Lipinski definition) is 0. The number of benzene rings is 2. The molecule has 0 aromatic heterocycles. The largest absolute Gasteiger partial charge is 0.548 e. The van der Waals surface area contributed by atoms with Crippen LogP contribution in [0.5, 0.6) is 5.75 Å². The summed E-state index contributed by atoms with van der Waals surface area (Å²) >= 11 is 0. The molecule has 6 heteroatoms. The molecule has 0 radical (unpaired) electrons. The van der Waals surface area contributed by atoms with E-state index in [0.29, 0.717) is 18.9 Å². The predicted molar refractivity (Wildman–Crippen MR) is 168 cm³/mol. The van der Waals surface area contributed by atoms with Gasteiger partial charge in [-0.05, 0) is 61.1 Å². The van der Waals surface area contributed by atoms with E-state index in [-0.39, 0.29) is 17.2 Å². The van der Waals surface area contributed by atoms with Gasteiger partial charge < -0.3 is 19.4 Å². The van der Waals surface area contributed by atoms with E-state index in [9.17, 15) is 14.7 Å². The highest BCUT2D eigenvalue weighted by atomic mass is 19.1. The lowest BCUT2D eigenvalue weighted by atomic mass is 9.72. The summed E-state index contributed by atoms with van der Waals surface area (Å²) in [6.07, 6.45) is 15.0. The van der Waals surface area contributed by atoms with Crippen LogP contribution in [0.2, 0.25) is 0 Å². The molecular weight excluding hydrogens is 543 g/mol. The quantitative estimate of drug-likeness (QED) is 0.0989. The van der Waals surface area contributed by atoms with E-state index in [2.05, 4.69) is 20.8 Å². The van der Waals surface area contributed by atoms with Crippen LogP contribution >= 0.6 is 0 Å². The van der Waals surface area contributed by atoms with Crippen molar-refractivity contribution in [1.29, 1.82) is 0 Å². The predicted octanol–water partition coefficient (Wildman–Crippen LogP) is 8.38. The van der Waals surface area contributed by atoms with Gasteiger partial charge in [-0.25, -0.2) is 9.18 Å². The van der Waals surface area contributed by atoms with Gasteiger partial charge in [0.15, 0.2) is 0 Å². The molecule has 1 aliphatic rings. The lowest BCUT2D eigenvalue weighted by Gasteiger charge is -2.35. The second-order valence-corrected chi connectivity index (χ2v) is 11.7. The van der Waals surface area contributed by atoms with Crippen molar-refractivity contribution >= 4 is 11.9 Å². The van der Waals surface area contributed by atoms with Crippen molar-refractivity contribution < 1.29 is 28.6 Å². The Bertz CT molecular complexity index is 1230. The SMILES string of the molecule is CCCCCCCCCOc1ccc(C2C=CC(C(=O)[O-])(c3ccccc3C(=O)OC(C)CC(CC)CC)C(F)=C2)cc1. The van der Waals surface area contributed by atoms with Crippen LogP contribution in [0.25, 0.3) is 0 Å². The van der Waals surface area contributed by atoms with E-state index in [1.807, 2.05) is 31.2 Å². The molecule has 1 aliphatic carbocycles. The average Bonchev–Trinajstić information content (AvgIpc) is 3.01. The molecule has 3 unspecified atom stereocenters. The van der Waals surface area contributed by atoms with Gasteiger partial charge in [0.2, 0.25) is 0 Å². The van der Waals surface area contributed by atoms with Gasteiger partial charge in [0.25, 0.3) is 0 Å². The molecule has 0 amide bonds. The normalized spacial score (nSPS) is 18.7. The zero-order valence-corrected chi connectivity index (χ0v) is 26.3. The van der Waals surface area contributed by atoms with Gasteiger partial charge >= 0.3 is 5.97 Å². The first kappa shape index (κ1) is 34.1. The number of allylic oxidation sites excluding steroid dienone is 2. The van der Waals surface area contributed by atoms with E-state index >= 15 is 4.39 Å². The van der Waals surface area contributed by atoms with Crippen LogP contribution in [-0.4, -0.2) is 24.6 Å². The number of carbonyl (C=O) groups excluding carboxylic acids is 2. The van der Waals surface area contributed by atoms with Gasteiger partial charge in [0.05, 0.1) is 24.2 Å². The number of hydrogen-bond acceptors (Lipinski definition) is 5. The summed E-state index contributed by atoms with van der Waals surface area (Å²) in [7, 11) is 0. The van der Waals surface area contributed by atoms with Crippen molar-refractivity contribution in [3.8, 4) is 5.75 Å². The van der Waals surface area contributed by atoms with Crippen LogP contribution in [0.3, 0.4) is 0 Å². The van der Waals surface area contributed by atoms with Crippen LogP contribution in [0, 0.1) is 5.92 Å². The number of carbonyl (C=O) groups is 2. The fraction of sp³-hybridized carbons (Fsp3) is 0.514. The summed E-state index contributed by atoms with van der Waals surface area (Å²) in [5.74, 6) is -2.54. The van der Waals surface area contributed by atoms with Crippen LogP contribution in [0.1, 0.15) is 119 Å². The van der Waals surface area contributed by atoms with E-state index in [1.165, 1.54) is 56.4 Å². The highest BCUT2D eigenvalue weighted by molar-refractivity contribution is 5.97. The second kappa shape index (κ2) is 17.0. The standard InChI is InChI=1S/C37H49FO5/c1-5-8-9-10-11-12-15-24-42-31-20-18-29(19-21-31)30-22-23-37(36(40)41,34(38)26-30)33-17-14-13-16-32(33)35(39)43-27(4)25-28(6-2)7-3/h13-14,16-23,26-28,30H,5-12,15,24-25H2,1-4H3,(H,40,41)/p-1. The molecule has 0 N–H and O–H groups in total. The van der Waals surface area contributed by atoms with Crippen molar-refractivity contribution in [2.24, 2.45) is 5.92 Å². The van der Waals surface area contributed by atoms with Gasteiger partial charge in [-0.1, -0.05) is 115 Å². The number of ether oxygens (including phenoxy) is 2. The molecule has 0 saturated heterocycles. The first-order valence-electron chi connectivity index (χ1n) is 16.1. The van der Waals surface area contributed by atoms with Gasteiger partial charge in [-0.3, -0.25) is 0 Å². The highest BCUT2D eigenvalue weighted by Crippen LogP contribution is 2.42. The zero-order valence-electron chi connectivity index (χ0n) is 26.3. The van der Waals surface area contributed by atoms with Gasteiger partial charge in [-0.15, -0.1) is 0 Å². The molecule has 0 aliphatic heterocycles. The first-order valence-corrected chi connectivity index (χ1v) is 16.1. The Labute approximate surface area is 257 Å². The average molecular weight is 592 g/mol. The van der Waals surface area contributed by atoms with E-state index < -0.39 is 29.1 Å². The van der Waals surface area contributed by atoms with Crippen molar-refractivity contribution in [3.05, 3.63) is 89.3 Å². The number of carboxylic acids is 1. The summed E-state index contributed by atoms with van der Waals surface area (Å²) < 4.78 is 27.5. The van der Waals surface area contributed by atoms with Crippen LogP contribution in [0.4, 0.5) is 4.39 Å². The lowest BCUT2D eigenvalue weighted by Crippen LogP contribution is -2.47. The lowest BCUT2D eigenvalue weighted by molar-refractivity contribution is -0.310. The van der Waals surface area contributed by atoms with Crippen molar-refractivity contribution in [3.63, 3.8) is 0 Å². The molecule has 43 heavy (non-hydrogen) atoms. The van der Waals surface area contributed by atoms with Crippen molar-refractivity contribution in [2.45, 2.75) is 109 Å². The molecule has 5 nitrogen and oxygen atoms in total. The summed E-state index contributed by atoms with van der Waals surface area (Å²) in [5, 5.41) is 12.6. The third-order valence-corrected chi connectivity index (χ3v) is 8.56. The number of carboxylic acid groups (broad SMARTS) is 1. The van der Waals surface area contributed by atoms with Gasteiger partial charge in [0, 0.05) is 5.92 Å². The second-order valence-electron chi connectivity index (χ2n) is 11.7. The molecule has 2 aromatic carbocycles. The van der Waals surface area contributed by atoms with Crippen LogP contribution in [-0.2, 0) is 14.9 Å². The Hall–Kier alpha value is -3.41. The molecule has 0 fully saturated rings. The summed E-state index contributed by atoms with van der Waals surface area (Å²) in [5.41, 5.74) is -1.43. The summed E-state index contributed by atoms with van der Waals surface area (Å²) in [6, 6.07) is 13.5. The summed E-state index contributed by atoms with van der Waals surface area (Å²) in [4.78, 5) is 25.8. The molecule has 234 valence electrons. The Morgan fingerprint density at radius 3 is 2.21 bits per heavy atom. The minimum Gasteiger partial charge on any atom is -0.548 e. The molecule has 0 heterocycles. The zero-order chi connectivity index (χ0) is 31.2. The minimum atomic E-state index is -2.23. The molecule has 2 aromatic rings. The van der Waals surface area contributed by atoms with Crippen molar-refractivity contribution in [2.75, 3.05) is 6.61 Å². The fourth-order valence-corrected chi connectivity index (χ4v) is 5.80. The van der Waals surface area contributed by atoms with Crippen molar-refractivity contribution in [1.82, 2.24) is 0 Å². The van der Waals surface area contributed by atoms with Gasteiger partial charge in [0.1, 0.15) is 17.0 Å². The third kappa shape index (κ3) is 9.04. The number of unbranched alkanes of at least 4 members (excludes halogenated alkanes) is 6. The number of halogens is 1.